The lowest BCUT2D eigenvalue weighted by atomic mass is 9.85. The number of rotatable bonds is 5. The highest BCUT2D eigenvalue weighted by Crippen LogP contribution is 2.25. The molecule has 2 N–H and O–H groups in total. The smallest absolute Gasteiger partial charge is 0.313 e. The van der Waals surface area contributed by atoms with Crippen LogP contribution in [0.3, 0.4) is 0 Å². The summed E-state index contributed by atoms with van der Waals surface area (Å²) < 4.78 is 5.35. The predicted molar refractivity (Wildman–Crippen MR) is 105 cm³/mol. The van der Waals surface area contributed by atoms with Crippen LogP contribution in [0.15, 0.2) is 48.5 Å². The van der Waals surface area contributed by atoms with Crippen LogP contribution in [0.2, 0.25) is 0 Å². The standard InChI is InChI=1S/C21H24N2O4/c1-21(2,20(25)26)16-5-7-17(8-6-16)22-19(24)15-3-9-18(10-4-15)23-11-13-27-14-12-23/h3-10H,11-14H2,1-2H3,(H,22,24)(H,25,26). The fourth-order valence-electron chi connectivity index (χ4n) is 2.94. The molecule has 0 saturated carbocycles. The molecule has 6 nitrogen and oxygen atoms in total. The average Bonchev–Trinajstić information content (AvgIpc) is 2.69. The lowest BCUT2D eigenvalue weighted by Gasteiger charge is -2.28. The molecule has 1 heterocycles. The number of hydrogen-bond donors (Lipinski definition) is 2. The minimum Gasteiger partial charge on any atom is -0.481 e. The Labute approximate surface area is 158 Å². The fourth-order valence-corrected chi connectivity index (χ4v) is 2.94. The van der Waals surface area contributed by atoms with Crippen molar-refractivity contribution in [1.82, 2.24) is 0 Å². The molecule has 2 aromatic rings. The van der Waals surface area contributed by atoms with Crippen molar-refractivity contribution in [2.45, 2.75) is 19.3 Å². The predicted octanol–water partition coefficient (Wildman–Crippen LogP) is 3.14. The molecule has 0 atom stereocenters. The van der Waals surface area contributed by atoms with Crippen LogP contribution < -0.4 is 10.2 Å². The summed E-state index contributed by atoms with van der Waals surface area (Å²) in [6, 6.07) is 14.4. The van der Waals surface area contributed by atoms with Gasteiger partial charge in [-0.2, -0.15) is 0 Å². The van der Waals surface area contributed by atoms with Gasteiger partial charge in [-0.1, -0.05) is 12.1 Å². The van der Waals surface area contributed by atoms with Gasteiger partial charge in [0, 0.05) is 30.0 Å². The van der Waals surface area contributed by atoms with Gasteiger partial charge in [-0.3, -0.25) is 9.59 Å². The Bertz CT molecular complexity index is 807. The molecule has 3 rings (SSSR count). The maximum absolute atomic E-state index is 12.5. The van der Waals surface area contributed by atoms with Gasteiger partial charge < -0.3 is 20.1 Å². The van der Waals surface area contributed by atoms with Crippen molar-refractivity contribution >= 4 is 23.3 Å². The number of carboxylic acid groups (broad SMARTS) is 1. The summed E-state index contributed by atoms with van der Waals surface area (Å²) in [6.45, 7) is 6.45. The van der Waals surface area contributed by atoms with Crippen molar-refractivity contribution in [2.24, 2.45) is 0 Å². The second-order valence-corrected chi connectivity index (χ2v) is 7.11. The van der Waals surface area contributed by atoms with E-state index in [0.29, 0.717) is 16.8 Å². The second kappa shape index (κ2) is 7.80. The van der Waals surface area contributed by atoms with Gasteiger partial charge in [0.2, 0.25) is 0 Å². The van der Waals surface area contributed by atoms with Gasteiger partial charge in [-0.05, 0) is 55.8 Å². The largest absolute Gasteiger partial charge is 0.481 e. The van der Waals surface area contributed by atoms with E-state index in [1.54, 1.807) is 38.1 Å². The van der Waals surface area contributed by atoms with Crippen molar-refractivity contribution in [3.8, 4) is 0 Å². The van der Waals surface area contributed by atoms with Gasteiger partial charge in [0.25, 0.3) is 5.91 Å². The lowest BCUT2D eigenvalue weighted by Crippen LogP contribution is -2.36. The number of ether oxygens (including phenoxy) is 1. The Morgan fingerprint density at radius 3 is 2.15 bits per heavy atom. The molecule has 1 saturated heterocycles. The number of nitrogens with zero attached hydrogens (tertiary/aromatic N) is 1. The van der Waals surface area contributed by atoms with Crippen LogP contribution in [0.1, 0.15) is 29.8 Å². The molecular weight excluding hydrogens is 344 g/mol. The molecule has 142 valence electrons. The van der Waals surface area contributed by atoms with Crippen LogP contribution in [-0.4, -0.2) is 43.3 Å². The minimum atomic E-state index is -0.974. The highest BCUT2D eigenvalue weighted by Gasteiger charge is 2.29. The van der Waals surface area contributed by atoms with E-state index in [4.69, 9.17) is 4.74 Å². The maximum atomic E-state index is 12.5. The maximum Gasteiger partial charge on any atom is 0.313 e. The van der Waals surface area contributed by atoms with Crippen molar-refractivity contribution in [3.63, 3.8) is 0 Å². The van der Waals surface area contributed by atoms with E-state index in [1.807, 2.05) is 24.3 Å². The van der Waals surface area contributed by atoms with Gasteiger partial charge in [-0.25, -0.2) is 0 Å². The molecular formula is C21H24N2O4. The van der Waals surface area contributed by atoms with Crippen LogP contribution >= 0.6 is 0 Å². The summed E-state index contributed by atoms with van der Waals surface area (Å²) in [4.78, 5) is 26.0. The van der Waals surface area contributed by atoms with Crippen molar-refractivity contribution in [1.29, 1.82) is 0 Å². The summed E-state index contributed by atoms with van der Waals surface area (Å²) >= 11 is 0. The zero-order valence-corrected chi connectivity index (χ0v) is 15.6. The molecule has 1 aliphatic heterocycles. The molecule has 0 aliphatic carbocycles. The first-order chi connectivity index (χ1) is 12.9. The first-order valence-corrected chi connectivity index (χ1v) is 8.96. The second-order valence-electron chi connectivity index (χ2n) is 7.11. The van der Waals surface area contributed by atoms with Gasteiger partial charge in [-0.15, -0.1) is 0 Å². The van der Waals surface area contributed by atoms with Crippen LogP contribution in [0.4, 0.5) is 11.4 Å². The van der Waals surface area contributed by atoms with Crippen molar-refractivity contribution < 1.29 is 19.4 Å². The highest BCUT2D eigenvalue weighted by molar-refractivity contribution is 6.04. The molecule has 27 heavy (non-hydrogen) atoms. The summed E-state index contributed by atoms with van der Waals surface area (Å²) in [7, 11) is 0. The van der Waals surface area contributed by atoms with Crippen molar-refractivity contribution in [3.05, 3.63) is 59.7 Å². The Hall–Kier alpha value is -2.86. The number of aliphatic carboxylic acids is 1. The van der Waals surface area contributed by atoms with Gasteiger partial charge in [0.1, 0.15) is 0 Å². The molecule has 1 aliphatic rings. The lowest BCUT2D eigenvalue weighted by molar-refractivity contribution is -0.142. The van der Waals surface area contributed by atoms with E-state index in [0.717, 1.165) is 32.0 Å². The number of hydrogen-bond acceptors (Lipinski definition) is 4. The van der Waals surface area contributed by atoms with E-state index in [-0.39, 0.29) is 5.91 Å². The summed E-state index contributed by atoms with van der Waals surface area (Å²) in [5.41, 5.74) is 1.99. The molecule has 0 spiro atoms. The number of nitrogens with one attached hydrogen (secondary N) is 1. The molecule has 2 aromatic carbocycles. The molecule has 0 bridgehead atoms. The molecule has 0 radical (unpaired) electrons. The van der Waals surface area contributed by atoms with Gasteiger partial charge in [0.05, 0.1) is 18.6 Å². The zero-order chi connectivity index (χ0) is 19.4. The number of carbonyl (C=O) groups is 2. The molecule has 0 unspecified atom stereocenters. The topological polar surface area (TPSA) is 78.9 Å². The third-order valence-electron chi connectivity index (χ3n) is 4.90. The third-order valence-corrected chi connectivity index (χ3v) is 4.90. The number of amides is 1. The average molecular weight is 368 g/mol. The molecule has 1 fully saturated rings. The van der Waals surface area contributed by atoms with E-state index >= 15 is 0 Å². The van der Waals surface area contributed by atoms with Crippen molar-refractivity contribution in [2.75, 3.05) is 36.5 Å². The van der Waals surface area contributed by atoms with Gasteiger partial charge >= 0.3 is 5.97 Å². The van der Waals surface area contributed by atoms with E-state index < -0.39 is 11.4 Å². The van der Waals surface area contributed by atoms with Gasteiger partial charge in [0.15, 0.2) is 0 Å². The number of anilines is 2. The highest BCUT2D eigenvalue weighted by atomic mass is 16.5. The van der Waals surface area contributed by atoms with Crippen LogP contribution in [-0.2, 0) is 14.9 Å². The number of carboxylic acids is 1. The van der Waals surface area contributed by atoms with Crippen LogP contribution in [0.5, 0.6) is 0 Å². The number of carbonyl (C=O) groups excluding carboxylic acids is 1. The Balaban J connectivity index is 1.65. The fraction of sp³-hybridized carbons (Fsp3) is 0.333. The molecule has 1 amide bonds. The van der Waals surface area contributed by atoms with Crippen LogP contribution in [0.25, 0.3) is 0 Å². The first-order valence-electron chi connectivity index (χ1n) is 8.96. The molecule has 6 heteroatoms. The SMILES string of the molecule is CC(C)(C(=O)O)c1ccc(NC(=O)c2ccc(N3CCOCC3)cc2)cc1. The first kappa shape index (κ1) is 18.9. The third kappa shape index (κ3) is 4.28. The Morgan fingerprint density at radius 2 is 1.59 bits per heavy atom. The summed E-state index contributed by atoms with van der Waals surface area (Å²) in [5.74, 6) is -1.09. The summed E-state index contributed by atoms with van der Waals surface area (Å²) in [6.07, 6.45) is 0. The normalized spacial score (nSPS) is 14.7. The minimum absolute atomic E-state index is 0.200. The van der Waals surface area contributed by atoms with E-state index in [2.05, 4.69) is 10.2 Å². The zero-order valence-electron chi connectivity index (χ0n) is 15.6. The summed E-state index contributed by atoms with van der Waals surface area (Å²) in [5, 5.41) is 12.1. The number of morpholine rings is 1. The Kier molecular flexibility index (Phi) is 5.46. The van der Waals surface area contributed by atoms with Crippen LogP contribution in [0, 0.1) is 0 Å². The number of benzene rings is 2. The van der Waals surface area contributed by atoms with E-state index in [1.165, 1.54) is 0 Å². The molecule has 0 aromatic heterocycles. The quantitative estimate of drug-likeness (QED) is 0.848. The van der Waals surface area contributed by atoms with E-state index in [9.17, 15) is 14.7 Å². The Morgan fingerprint density at radius 1 is 1.00 bits per heavy atom. The monoisotopic (exact) mass is 368 g/mol.